The topological polar surface area (TPSA) is 13.7 Å². The molecule has 0 aromatic carbocycles. The van der Waals surface area contributed by atoms with Crippen molar-refractivity contribution in [3.8, 4) is 0 Å². The Morgan fingerprint density at radius 2 is 1.83 bits per heavy atom. The van der Waals surface area contributed by atoms with Gasteiger partial charge in [-0.3, -0.25) is 8.63 Å². The molecule has 1 saturated heterocycles. The second kappa shape index (κ2) is 4.19. The zero-order valence-corrected chi connectivity index (χ0v) is 7.52. The summed E-state index contributed by atoms with van der Waals surface area (Å²) in [6.45, 7) is 5.27. The predicted octanol–water partition coefficient (Wildman–Crippen LogP) is -0.355. The van der Waals surface area contributed by atoms with Crippen LogP contribution in [0.25, 0.3) is 0 Å². The lowest BCUT2D eigenvalue weighted by atomic mass is 9.97. The number of quaternary nitrogens is 1. The van der Waals surface area contributed by atoms with Gasteiger partial charge in [-0.2, -0.15) is 0 Å². The summed E-state index contributed by atoms with van der Waals surface area (Å²) in [5.41, 5.74) is 0. The maximum absolute atomic E-state index is 12.0. The first-order chi connectivity index (χ1) is 5.58. The molecule has 1 heterocycles. The summed E-state index contributed by atoms with van der Waals surface area (Å²) in [6, 6.07) is 0. The number of hydrogen-bond acceptors (Lipinski definition) is 1. The molecule has 1 rings (SSSR count). The normalized spacial score (nSPS) is 36.5. The molecule has 1 fully saturated rings. The third-order valence-electron chi connectivity index (χ3n) is 2.06. The molecule has 0 aromatic heterocycles. The molecule has 1 aliphatic heterocycles. The van der Waals surface area contributed by atoms with E-state index in [-0.39, 0.29) is 18.7 Å². The van der Waals surface area contributed by atoms with Gasteiger partial charge in [0.05, 0.1) is 0 Å². The van der Waals surface area contributed by atoms with Gasteiger partial charge in [0.2, 0.25) is 0 Å². The fourth-order valence-electron chi connectivity index (χ4n) is 1.77. The summed E-state index contributed by atoms with van der Waals surface area (Å²) in [6.07, 6.45) is 0.183. The Morgan fingerprint density at radius 1 is 1.33 bits per heavy atom. The van der Waals surface area contributed by atoms with Gasteiger partial charge < -0.3 is 9.64 Å². The lowest BCUT2D eigenvalue weighted by molar-refractivity contribution is -0.905. The maximum Gasteiger partial charge on any atom is 0.592 e. The van der Waals surface area contributed by atoms with Gasteiger partial charge in [0.15, 0.2) is 0 Å². The van der Waals surface area contributed by atoms with Crippen LogP contribution in [-0.4, -0.2) is 39.0 Å². The molecule has 1 aliphatic rings. The largest absolute Gasteiger partial charge is 0.592 e. The van der Waals surface area contributed by atoms with E-state index in [0.29, 0.717) is 13.1 Å². The summed E-state index contributed by atoms with van der Waals surface area (Å²) in [7, 11) is -2.20. The standard InChI is InChI=1S/C7H14BF2NO/c1-6-3-11(5-8(9)10)4-7(2)12-6/h6-7H,3-5H2,1-2H3/p+1/t6-,7+. The number of morpholine rings is 1. The molecule has 70 valence electrons. The van der Waals surface area contributed by atoms with E-state index in [0.717, 1.165) is 4.90 Å². The summed E-state index contributed by atoms with van der Waals surface area (Å²) in [4.78, 5) is 0.955. The van der Waals surface area contributed by atoms with Crippen molar-refractivity contribution in [2.24, 2.45) is 0 Å². The molecule has 0 spiro atoms. The first-order valence-corrected chi connectivity index (χ1v) is 4.35. The number of ether oxygens (including phenoxy) is 1. The zero-order valence-electron chi connectivity index (χ0n) is 7.52. The van der Waals surface area contributed by atoms with Crippen LogP contribution in [0.1, 0.15) is 13.8 Å². The number of nitrogens with one attached hydrogen (secondary N) is 1. The molecule has 3 atom stereocenters. The molecule has 12 heavy (non-hydrogen) atoms. The molecule has 5 heteroatoms. The smallest absolute Gasteiger partial charge is 0.364 e. The van der Waals surface area contributed by atoms with Crippen LogP contribution in [-0.2, 0) is 4.74 Å². The van der Waals surface area contributed by atoms with Gasteiger partial charge in [-0.1, -0.05) is 0 Å². The van der Waals surface area contributed by atoms with Crippen LogP contribution in [0.15, 0.2) is 0 Å². The van der Waals surface area contributed by atoms with Gasteiger partial charge >= 0.3 is 7.27 Å². The molecule has 0 aliphatic carbocycles. The monoisotopic (exact) mass is 178 g/mol. The summed E-state index contributed by atoms with van der Waals surface area (Å²) >= 11 is 0. The lowest BCUT2D eigenvalue weighted by Crippen LogP contribution is -3.16. The molecule has 1 N–H and O–H groups in total. The van der Waals surface area contributed by atoms with Crippen molar-refractivity contribution in [1.82, 2.24) is 0 Å². The van der Waals surface area contributed by atoms with E-state index in [1.165, 1.54) is 0 Å². The van der Waals surface area contributed by atoms with E-state index in [2.05, 4.69) is 0 Å². The van der Waals surface area contributed by atoms with E-state index in [1.807, 2.05) is 13.8 Å². The molecule has 0 radical (unpaired) electrons. The minimum atomic E-state index is -2.20. The molecular formula is C7H15BF2NO+. The summed E-state index contributed by atoms with van der Waals surface area (Å²) in [5.74, 6) is 0. The lowest BCUT2D eigenvalue weighted by Gasteiger charge is -2.31. The minimum absolute atomic E-state index is 0.0436. The van der Waals surface area contributed by atoms with Crippen molar-refractivity contribution in [3.05, 3.63) is 0 Å². The Bertz CT molecular complexity index is 135. The quantitative estimate of drug-likeness (QED) is 0.570. The van der Waals surface area contributed by atoms with Crippen molar-refractivity contribution < 1.29 is 18.3 Å². The van der Waals surface area contributed by atoms with Gasteiger partial charge in [0, 0.05) is 0 Å². The molecule has 0 bridgehead atoms. The molecule has 0 amide bonds. The van der Waals surface area contributed by atoms with Crippen LogP contribution in [0.2, 0.25) is 0 Å². The Hall–Kier alpha value is -0.155. The van der Waals surface area contributed by atoms with Gasteiger partial charge in [-0.25, -0.2) is 0 Å². The molecule has 0 saturated carbocycles. The number of halogens is 2. The maximum atomic E-state index is 12.0. The SMILES string of the molecule is C[C@@H]1C[NH+](CB(F)F)C[C@H](C)O1. The van der Waals surface area contributed by atoms with Crippen LogP contribution in [0, 0.1) is 0 Å². The third-order valence-corrected chi connectivity index (χ3v) is 2.06. The first kappa shape index (κ1) is 9.93. The van der Waals surface area contributed by atoms with Crippen LogP contribution in [0.3, 0.4) is 0 Å². The van der Waals surface area contributed by atoms with E-state index >= 15 is 0 Å². The molecule has 1 unspecified atom stereocenters. The average molecular weight is 178 g/mol. The van der Waals surface area contributed by atoms with E-state index < -0.39 is 7.27 Å². The fraction of sp³-hybridized carbons (Fsp3) is 1.00. The Morgan fingerprint density at radius 3 is 2.25 bits per heavy atom. The Labute approximate surface area is 72.0 Å². The van der Waals surface area contributed by atoms with Gasteiger partial charge in [-0.05, 0) is 13.8 Å². The van der Waals surface area contributed by atoms with Crippen molar-refractivity contribution in [2.45, 2.75) is 26.1 Å². The van der Waals surface area contributed by atoms with Crippen LogP contribution in [0.4, 0.5) is 8.63 Å². The Kier molecular flexibility index (Phi) is 3.46. The van der Waals surface area contributed by atoms with E-state index in [9.17, 15) is 8.63 Å². The van der Waals surface area contributed by atoms with Crippen LogP contribution >= 0.6 is 0 Å². The second-order valence-electron chi connectivity index (χ2n) is 3.51. The van der Waals surface area contributed by atoms with Crippen molar-refractivity contribution in [1.29, 1.82) is 0 Å². The van der Waals surface area contributed by atoms with E-state index in [4.69, 9.17) is 4.74 Å². The molecular weight excluding hydrogens is 163 g/mol. The molecule has 0 aromatic rings. The summed E-state index contributed by atoms with van der Waals surface area (Å²) in [5, 5.41) is 0. The van der Waals surface area contributed by atoms with Crippen LogP contribution in [0.5, 0.6) is 0 Å². The number of hydrogen-bond donors (Lipinski definition) is 1. The van der Waals surface area contributed by atoms with Crippen molar-refractivity contribution in [2.75, 3.05) is 19.5 Å². The van der Waals surface area contributed by atoms with E-state index in [1.54, 1.807) is 0 Å². The minimum Gasteiger partial charge on any atom is -0.364 e. The van der Waals surface area contributed by atoms with Gasteiger partial charge in [-0.15, -0.1) is 0 Å². The average Bonchev–Trinajstić information content (AvgIpc) is 1.81. The second-order valence-corrected chi connectivity index (χ2v) is 3.51. The number of rotatable bonds is 2. The fourth-order valence-corrected chi connectivity index (χ4v) is 1.77. The highest BCUT2D eigenvalue weighted by Gasteiger charge is 2.30. The zero-order chi connectivity index (χ0) is 9.14. The highest BCUT2D eigenvalue weighted by molar-refractivity contribution is 6.42. The third kappa shape index (κ3) is 3.07. The van der Waals surface area contributed by atoms with Crippen molar-refractivity contribution >= 4 is 7.27 Å². The van der Waals surface area contributed by atoms with Crippen molar-refractivity contribution in [3.63, 3.8) is 0 Å². The predicted molar refractivity (Wildman–Crippen MR) is 43.5 cm³/mol. The highest BCUT2D eigenvalue weighted by Crippen LogP contribution is 1.98. The first-order valence-electron chi connectivity index (χ1n) is 4.35. The summed E-state index contributed by atoms with van der Waals surface area (Å²) < 4.78 is 29.5. The molecule has 2 nitrogen and oxygen atoms in total. The highest BCUT2D eigenvalue weighted by atomic mass is 19.2. The van der Waals surface area contributed by atoms with Gasteiger partial charge in [0.25, 0.3) is 0 Å². The van der Waals surface area contributed by atoms with Gasteiger partial charge in [0.1, 0.15) is 31.7 Å². The Balaban J connectivity index is 2.34. The van der Waals surface area contributed by atoms with Crippen LogP contribution < -0.4 is 4.90 Å².